The van der Waals surface area contributed by atoms with Gasteiger partial charge in [0.2, 0.25) is 0 Å². The summed E-state index contributed by atoms with van der Waals surface area (Å²) < 4.78 is 5.84. The molecule has 98 valence electrons. The number of Topliss-reactive ketones (excluding diaryl/α,β-unsaturated/α-hetero) is 1. The van der Waals surface area contributed by atoms with Gasteiger partial charge in [-0.2, -0.15) is 0 Å². The molecular formula is C13H14ClIO3. The lowest BCUT2D eigenvalue weighted by Crippen LogP contribution is -2.12. The maximum atomic E-state index is 11.9. The highest BCUT2D eigenvalue weighted by molar-refractivity contribution is 14.1. The Hall–Kier alpha value is -0.620. The average Bonchev–Trinajstić information content (AvgIpc) is 2.32. The van der Waals surface area contributed by atoms with Gasteiger partial charge in [0.05, 0.1) is 11.6 Å². The van der Waals surface area contributed by atoms with Crippen molar-refractivity contribution in [2.45, 2.75) is 26.2 Å². The molecule has 0 radical (unpaired) electrons. The number of rotatable bonds is 6. The zero-order valence-corrected chi connectivity index (χ0v) is 13.0. The Labute approximate surface area is 125 Å². The number of unbranched alkanes of at least 4 members (excludes halogenated alkanes) is 1. The Kier molecular flexibility index (Phi) is 6.63. The maximum absolute atomic E-state index is 11.9. The van der Waals surface area contributed by atoms with E-state index >= 15 is 0 Å². The van der Waals surface area contributed by atoms with Gasteiger partial charge in [-0.25, -0.2) is 0 Å². The second-order valence-corrected chi connectivity index (χ2v) is 5.45. The van der Waals surface area contributed by atoms with Gasteiger partial charge >= 0.3 is 5.97 Å². The lowest BCUT2D eigenvalue weighted by Gasteiger charge is -2.05. The molecule has 0 spiro atoms. The molecule has 0 saturated carbocycles. The monoisotopic (exact) mass is 380 g/mol. The van der Waals surface area contributed by atoms with Gasteiger partial charge in [0.1, 0.15) is 6.42 Å². The molecule has 1 aromatic rings. The van der Waals surface area contributed by atoms with Crippen LogP contribution in [-0.4, -0.2) is 18.4 Å². The third kappa shape index (κ3) is 4.94. The van der Waals surface area contributed by atoms with Crippen LogP contribution in [0.2, 0.25) is 5.02 Å². The Balaban J connectivity index is 2.59. The molecule has 0 unspecified atom stereocenters. The van der Waals surface area contributed by atoms with Gasteiger partial charge in [0.25, 0.3) is 0 Å². The third-order valence-electron chi connectivity index (χ3n) is 2.29. The van der Waals surface area contributed by atoms with E-state index in [1.54, 1.807) is 18.2 Å². The molecule has 0 bridgehead atoms. The van der Waals surface area contributed by atoms with Crippen LogP contribution in [0.5, 0.6) is 0 Å². The zero-order chi connectivity index (χ0) is 13.5. The second kappa shape index (κ2) is 7.74. The van der Waals surface area contributed by atoms with Gasteiger partial charge in [0, 0.05) is 9.13 Å². The van der Waals surface area contributed by atoms with Gasteiger partial charge in [0.15, 0.2) is 5.78 Å². The fourth-order valence-electron chi connectivity index (χ4n) is 1.32. The average molecular weight is 381 g/mol. The molecule has 0 fully saturated rings. The molecule has 0 saturated heterocycles. The number of ether oxygens (including phenoxy) is 1. The highest BCUT2D eigenvalue weighted by Gasteiger charge is 2.16. The standard InChI is InChI=1S/C13H14ClIO3/c1-2-3-6-18-13(17)8-12(16)10-7-9(15)4-5-11(10)14/h4-5,7H,2-3,6,8H2,1H3. The Bertz CT molecular complexity index is 446. The normalized spacial score (nSPS) is 10.2. The van der Waals surface area contributed by atoms with E-state index in [1.165, 1.54) is 0 Å². The van der Waals surface area contributed by atoms with Crippen molar-refractivity contribution in [2.75, 3.05) is 6.61 Å². The number of benzene rings is 1. The van der Waals surface area contributed by atoms with Crippen molar-refractivity contribution in [1.29, 1.82) is 0 Å². The summed E-state index contributed by atoms with van der Waals surface area (Å²) in [5, 5.41) is 0.363. The number of ketones is 1. The second-order valence-electron chi connectivity index (χ2n) is 3.80. The van der Waals surface area contributed by atoms with Crippen LogP contribution in [-0.2, 0) is 9.53 Å². The molecule has 3 nitrogen and oxygen atoms in total. The van der Waals surface area contributed by atoms with Crippen LogP contribution in [0.3, 0.4) is 0 Å². The third-order valence-corrected chi connectivity index (χ3v) is 3.30. The summed E-state index contributed by atoms with van der Waals surface area (Å²) in [7, 11) is 0. The van der Waals surface area contributed by atoms with Crippen LogP contribution in [0.15, 0.2) is 18.2 Å². The number of hydrogen-bond donors (Lipinski definition) is 0. The Morgan fingerprint density at radius 2 is 2.11 bits per heavy atom. The quantitative estimate of drug-likeness (QED) is 0.247. The first-order chi connectivity index (χ1) is 8.54. The topological polar surface area (TPSA) is 43.4 Å². The van der Waals surface area contributed by atoms with Crippen molar-refractivity contribution >= 4 is 45.9 Å². The minimum absolute atomic E-state index is 0.260. The number of halogens is 2. The lowest BCUT2D eigenvalue weighted by molar-refractivity contribution is -0.142. The Morgan fingerprint density at radius 3 is 2.78 bits per heavy atom. The van der Waals surface area contributed by atoms with E-state index in [0.717, 1.165) is 16.4 Å². The van der Waals surface area contributed by atoms with Crippen LogP contribution in [0.25, 0.3) is 0 Å². The first-order valence-corrected chi connectivity index (χ1v) is 7.14. The molecule has 0 amide bonds. The minimum Gasteiger partial charge on any atom is -0.465 e. The number of carbonyl (C=O) groups is 2. The smallest absolute Gasteiger partial charge is 0.313 e. The molecule has 0 heterocycles. The number of carbonyl (C=O) groups excluding carboxylic acids is 2. The van der Waals surface area contributed by atoms with Crippen molar-refractivity contribution in [1.82, 2.24) is 0 Å². The van der Waals surface area contributed by atoms with Gasteiger partial charge in [-0.1, -0.05) is 24.9 Å². The van der Waals surface area contributed by atoms with E-state index < -0.39 is 5.97 Å². The molecule has 0 aromatic heterocycles. The molecule has 0 aliphatic carbocycles. The Morgan fingerprint density at radius 1 is 1.39 bits per heavy atom. The molecule has 0 aliphatic heterocycles. The summed E-state index contributed by atoms with van der Waals surface area (Å²) in [5.74, 6) is -0.802. The van der Waals surface area contributed by atoms with Crippen LogP contribution in [0.1, 0.15) is 36.5 Å². The minimum atomic E-state index is -0.497. The summed E-state index contributed by atoms with van der Waals surface area (Å²) in [4.78, 5) is 23.3. The molecule has 1 aromatic carbocycles. The van der Waals surface area contributed by atoms with Gasteiger partial charge in [-0.3, -0.25) is 9.59 Å². The van der Waals surface area contributed by atoms with Crippen molar-refractivity contribution in [2.24, 2.45) is 0 Å². The van der Waals surface area contributed by atoms with Crippen LogP contribution >= 0.6 is 34.2 Å². The van der Waals surface area contributed by atoms with E-state index in [9.17, 15) is 9.59 Å². The van der Waals surface area contributed by atoms with Crippen LogP contribution in [0.4, 0.5) is 0 Å². The van der Waals surface area contributed by atoms with Crippen LogP contribution < -0.4 is 0 Å². The molecular weight excluding hydrogens is 366 g/mol. The van der Waals surface area contributed by atoms with Crippen molar-refractivity contribution < 1.29 is 14.3 Å². The van der Waals surface area contributed by atoms with Crippen molar-refractivity contribution in [3.63, 3.8) is 0 Å². The summed E-state index contributed by atoms with van der Waals surface area (Å²) in [6.45, 7) is 2.37. The summed E-state index contributed by atoms with van der Waals surface area (Å²) in [5.41, 5.74) is 0.371. The van der Waals surface area contributed by atoms with E-state index in [-0.39, 0.29) is 12.2 Å². The number of esters is 1. The van der Waals surface area contributed by atoms with Crippen molar-refractivity contribution in [3.05, 3.63) is 32.4 Å². The van der Waals surface area contributed by atoms with E-state index in [1.807, 2.05) is 6.92 Å². The van der Waals surface area contributed by atoms with Gasteiger partial charge in [-0.05, 0) is 47.2 Å². The van der Waals surface area contributed by atoms with Gasteiger partial charge in [-0.15, -0.1) is 0 Å². The predicted molar refractivity (Wildman–Crippen MR) is 79.0 cm³/mol. The highest BCUT2D eigenvalue weighted by atomic mass is 127. The molecule has 18 heavy (non-hydrogen) atoms. The number of hydrogen-bond acceptors (Lipinski definition) is 3. The molecule has 0 atom stereocenters. The summed E-state index contributed by atoms with van der Waals surface area (Å²) >= 11 is 8.01. The SMILES string of the molecule is CCCCOC(=O)CC(=O)c1cc(I)ccc1Cl. The van der Waals surface area contributed by atoms with Gasteiger partial charge < -0.3 is 4.74 Å². The summed E-state index contributed by atoms with van der Waals surface area (Å²) in [6.07, 6.45) is 1.50. The first kappa shape index (κ1) is 15.4. The molecule has 1 rings (SSSR count). The van der Waals surface area contributed by atoms with Crippen molar-refractivity contribution in [3.8, 4) is 0 Å². The largest absolute Gasteiger partial charge is 0.465 e. The van der Waals surface area contributed by atoms with Crippen LogP contribution in [0, 0.1) is 3.57 Å². The highest BCUT2D eigenvalue weighted by Crippen LogP contribution is 2.20. The molecule has 0 N–H and O–H groups in total. The fraction of sp³-hybridized carbons (Fsp3) is 0.385. The van der Waals surface area contributed by atoms with E-state index in [0.29, 0.717) is 17.2 Å². The van der Waals surface area contributed by atoms with E-state index in [2.05, 4.69) is 22.6 Å². The van der Waals surface area contributed by atoms with E-state index in [4.69, 9.17) is 16.3 Å². The molecule has 0 aliphatic rings. The summed E-state index contributed by atoms with van der Waals surface area (Å²) in [6, 6.07) is 5.13. The lowest BCUT2D eigenvalue weighted by atomic mass is 10.1. The predicted octanol–water partition coefficient (Wildman–Crippen LogP) is 3.86. The molecule has 5 heteroatoms. The zero-order valence-electron chi connectivity index (χ0n) is 10.0. The maximum Gasteiger partial charge on any atom is 0.313 e. The fourth-order valence-corrected chi connectivity index (χ4v) is 2.03. The first-order valence-electron chi connectivity index (χ1n) is 5.68.